The quantitative estimate of drug-likeness (QED) is 0.445. The van der Waals surface area contributed by atoms with Crippen molar-refractivity contribution in [1.82, 2.24) is 0 Å². The second kappa shape index (κ2) is 6.55. The Bertz CT molecular complexity index is 1170. The lowest BCUT2D eigenvalue weighted by Crippen LogP contribution is -2.28. The molecule has 0 unspecified atom stereocenters. The van der Waals surface area contributed by atoms with Crippen LogP contribution >= 0.6 is 21.4 Å². The molecule has 1 aliphatic carbocycles. The van der Waals surface area contributed by atoms with Gasteiger partial charge in [-0.25, -0.2) is 0 Å². The van der Waals surface area contributed by atoms with Crippen LogP contribution in [0.4, 0.5) is 0 Å². The van der Waals surface area contributed by atoms with E-state index >= 15 is 0 Å². The smallest absolute Gasteiger partial charge is 0.294 e. The number of hydrogen-bond donors (Lipinski definition) is 0. The molecule has 1 aliphatic rings. The van der Waals surface area contributed by atoms with Crippen molar-refractivity contribution in [2.45, 2.75) is 6.42 Å². The molecule has 0 aliphatic heterocycles. The Balaban J connectivity index is 0.000000300. The average molecular weight is 379 g/mol. The molecule has 4 rings (SSSR count). The van der Waals surface area contributed by atoms with Gasteiger partial charge in [-0.15, -0.1) is 0 Å². The van der Waals surface area contributed by atoms with E-state index in [2.05, 4.69) is 69.9 Å². The molecule has 0 fully saturated rings. The number of halogens is 2. The summed E-state index contributed by atoms with van der Waals surface area (Å²) in [5.41, 5.74) is 0. The number of fused-ring (bicyclic) bond motifs is 4. The van der Waals surface area contributed by atoms with Crippen LogP contribution in [0.3, 0.4) is 0 Å². The summed E-state index contributed by atoms with van der Waals surface area (Å²) in [5, 5.41) is 7.19. The first-order valence-corrected chi connectivity index (χ1v) is 10.3. The SMILES string of the molecule is O=C1C=c2cc3ccc4ccccc4c3cc2=CC1.O=S(=O)(Cl)Cl. The molecule has 0 amide bonds. The first-order chi connectivity index (χ1) is 11.3. The van der Waals surface area contributed by atoms with Gasteiger partial charge in [-0.05, 0) is 50.2 Å². The van der Waals surface area contributed by atoms with Gasteiger partial charge in [0.1, 0.15) is 0 Å². The second-order valence-corrected chi connectivity index (χ2v) is 9.05. The Labute approximate surface area is 147 Å². The maximum absolute atomic E-state index is 11.5. The lowest BCUT2D eigenvalue weighted by atomic mass is 9.98. The van der Waals surface area contributed by atoms with Crippen LogP contribution in [0, 0.1) is 0 Å². The first kappa shape index (κ1) is 17.0. The van der Waals surface area contributed by atoms with E-state index in [0.717, 1.165) is 5.22 Å². The highest BCUT2D eigenvalue weighted by atomic mass is 36.0. The largest absolute Gasteiger partial charge is 0.317 e. The van der Waals surface area contributed by atoms with E-state index in [9.17, 15) is 4.79 Å². The van der Waals surface area contributed by atoms with Gasteiger partial charge in [-0.3, -0.25) is 4.79 Å². The fourth-order valence-corrected chi connectivity index (χ4v) is 2.83. The zero-order valence-corrected chi connectivity index (χ0v) is 14.7. The summed E-state index contributed by atoms with van der Waals surface area (Å²) in [6.45, 7) is 0. The van der Waals surface area contributed by atoms with Crippen LogP contribution < -0.4 is 10.4 Å². The van der Waals surface area contributed by atoms with Crippen LogP contribution in [0.5, 0.6) is 0 Å². The lowest BCUT2D eigenvalue weighted by Gasteiger charge is -2.06. The van der Waals surface area contributed by atoms with Crippen LogP contribution in [-0.4, -0.2) is 14.2 Å². The molecule has 3 aromatic rings. The van der Waals surface area contributed by atoms with Gasteiger partial charge in [0.05, 0.1) is 0 Å². The number of Topliss-reactive ketones (excluding diaryl/α,β-unsaturated/α-hetero) is 1. The molecule has 3 aromatic carbocycles. The van der Waals surface area contributed by atoms with Crippen LogP contribution in [-0.2, 0) is 13.1 Å². The maximum atomic E-state index is 11.5. The minimum atomic E-state index is -3.72. The third-order valence-electron chi connectivity index (χ3n) is 3.79. The molecule has 24 heavy (non-hydrogen) atoms. The molecule has 0 saturated carbocycles. The van der Waals surface area contributed by atoms with Gasteiger partial charge in [0.25, 0.3) is 0 Å². The van der Waals surface area contributed by atoms with Crippen molar-refractivity contribution in [3.8, 4) is 0 Å². The molecule has 0 saturated heterocycles. The Morgan fingerprint density at radius 3 is 2.25 bits per heavy atom. The predicted molar refractivity (Wildman–Crippen MR) is 99.9 cm³/mol. The minimum absolute atomic E-state index is 0.188. The monoisotopic (exact) mass is 378 g/mol. The summed E-state index contributed by atoms with van der Waals surface area (Å²) in [6.07, 6.45) is 4.30. The molecule has 3 nitrogen and oxygen atoms in total. The molecular weight excluding hydrogens is 367 g/mol. The minimum Gasteiger partial charge on any atom is -0.294 e. The van der Waals surface area contributed by atoms with Crippen molar-refractivity contribution in [1.29, 1.82) is 0 Å². The highest BCUT2D eigenvalue weighted by Crippen LogP contribution is 2.23. The van der Waals surface area contributed by atoms with Crippen LogP contribution in [0.2, 0.25) is 0 Å². The van der Waals surface area contributed by atoms with E-state index in [0.29, 0.717) is 6.42 Å². The summed E-state index contributed by atoms with van der Waals surface area (Å²) in [5.74, 6) is 0.188. The first-order valence-electron chi connectivity index (χ1n) is 7.12. The van der Waals surface area contributed by atoms with E-state index in [4.69, 9.17) is 8.42 Å². The van der Waals surface area contributed by atoms with Gasteiger partial charge in [-0.1, -0.05) is 42.5 Å². The van der Waals surface area contributed by atoms with Gasteiger partial charge in [0.2, 0.25) is 0 Å². The normalized spacial score (nSPS) is 13.5. The van der Waals surface area contributed by atoms with E-state index in [1.807, 2.05) is 6.08 Å². The van der Waals surface area contributed by atoms with Crippen LogP contribution in [0.25, 0.3) is 33.7 Å². The summed E-state index contributed by atoms with van der Waals surface area (Å²) >= 11 is 0. The third-order valence-corrected chi connectivity index (χ3v) is 3.79. The summed E-state index contributed by atoms with van der Waals surface area (Å²) in [6, 6.07) is 17.0. The Hall–Kier alpha value is -1.88. The van der Waals surface area contributed by atoms with E-state index in [1.54, 1.807) is 6.08 Å². The molecule has 0 bridgehead atoms. The number of hydrogen-bond acceptors (Lipinski definition) is 3. The van der Waals surface area contributed by atoms with Gasteiger partial charge < -0.3 is 0 Å². The molecule has 6 heteroatoms. The topological polar surface area (TPSA) is 51.2 Å². The molecule has 122 valence electrons. The number of benzene rings is 3. The van der Waals surface area contributed by atoms with Gasteiger partial charge >= 0.3 is 8.26 Å². The summed E-state index contributed by atoms with van der Waals surface area (Å²) < 4.78 is 18.3. The van der Waals surface area contributed by atoms with Crippen molar-refractivity contribution < 1.29 is 13.2 Å². The van der Waals surface area contributed by atoms with Crippen molar-refractivity contribution >= 4 is 69.1 Å². The molecular formula is C18H12Cl2O3S. The number of carbonyl (C=O) groups excluding carboxylic acids is 1. The van der Waals surface area contributed by atoms with Gasteiger partial charge in [0.15, 0.2) is 5.78 Å². The average Bonchev–Trinajstić information content (AvgIpc) is 2.51. The second-order valence-electron chi connectivity index (χ2n) is 5.39. The van der Waals surface area contributed by atoms with E-state index in [-0.39, 0.29) is 5.78 Å². The Morgan fingerprint density at radius 1 is 0.833 bits per heavy atom. The standard InChI is InChI=1S/C18H12O.Cl2O2S/c19-16-8-7-13-11-18-14(9-15(13)10-16)6-5-12-3-1-2-4-17(12)18;1-5(2,3)4/h1-7,9-11H,8H2;. The zero-order chi connectivity index (χ0) is 17.3. The molecule has 0 aromatic heterocycles. The fourth-order valence-electron chi connectivity index (χ4n) is 2.83. The van der Waals surface area contributed by atoms with Crippen molar-refractivity contribution in [3.63, 3.8) is 0 Å². The van der Waals surface area contributed by atoms with E-state index < -0.39 is 8.26 Å². The van der Waals surface area contributed by atoms with Crippen molar-refractivity contribution in [2.75, 3.05) is 0 Å². The van der Waals surface area contributed by atoms with Crippen LogP contribution in [0.1, 0.15) is 6.42 Å². The number of carbonyl (C=O) groups is 1. The molecule has 0 atom stereocenters. The number of rotatable bonds is 0. The van der Waals surface area contributed by atoms with Crippen LogP contribution in [0.15, 0.2) is 48.5 Å². The predicted octanol–water partition coefficient (Wildman–Crippen LogP) is 3.24. The lowest BCUT2D eigenvalue weighted by molar-refractivity contribution is -0.112. The van der Waals surface area contributed by atoms with Gasteiger partial charge in [0, 0.05) is 27.8 Å². The highest BCUT2D eigenvalue weighted by molar-refractivity contribution is 8.31. The third kappa shape index (κ3) is 3.96. The molecule has 0 spiro atoms. The van der Waals surface area contributed by atoms with Crippen molar-refractivity contribution in [3.05, 3.63) is 59.0 Å². The zero-order valence-electron chi connectivity index (χ0n) is 12.4. The Morgan fingerprint density at radius 2 is 1.50 bits per heavy atom. The molecule has 0 radical (unpaired) electrons. The highest BCUT2D eigenvalue weighted by Gasteiger charge is 2.05. The van der Waals surface area contributed by atoms with Crippen molar-refractivity contribution in [2.24, 2.45) is 0 Å². The van der Waals surface area contributed by atoms with Gasteiger partial charge in [-0.2, -0.15) is 8.42 Å². The summed E-state index contributed by atoms with van der Waals surface area (Å²) in [4.78, 5) is 11.5. The molecule has 0 heterocycles. The number of ketones is 1. The fraction of sp³-hybridized carbons (Fsp3) is 0.0556. The van der Waals surface area contributed by atoms with E-state index in [1.165, 1.54) is 26.8 Å². The Kier molecular flexibility index (Phi) is 4.63. The maximum Gasteiger partial charge on any atom is 0.317 e. The molecule has 0 N–H and O–H groups in total. The summed E-state index contributed by atoms with van der Waals surface area (Å²) in [7, 11) is 4.81.